The van der Waals surface area contributed by atoms with E-state index in [4.69, 9.17) is 5.73 Å². The monoisotopic (exact) mass is 169 g/mol. The maximum atomic E-state index is 5.49. The number of rotatable bonds is 3. The Morgan fingerprint density at radius 3 is 2.82 bits per heavy atom. The number of aryl methyl sites for hydroxylation is 1. The first-order valence-electron chi connectivity index (χ1n) is 3.99. The Labute approximate surface area is 72.2 Å². The van der Waals surface area contributed by atoms with Gasteiger partial charge in [0, 0.05) is 4.88 Å². The van der Waals surface area contributed by atoms with E-state index in [2.05, 4.69) is 25.3 Å². The molecule has 62 valence electrons. The predicted octanol–water partition coefficient (Wildman–Crippen LogP) is 2.51. The van der Waals surface area contributed by atoms with E-state index in [1.807, 2.05) is 11.3 Å². The topological polar surface area (TPSA) is 26.0 Å². The van der Waals surface area contributed by atoms with Gasteiger partial charge in [0.05, 0.1) is 0 Å². The highest BCUT2D eigenvalue weighted by Crippen LogP contribution is 2.25. The maximum Gasteiger partial charge on any atom is 0.00489 e. The molecule has 1 aromatic rings. The molecule has 0 amide bonds. The van der Waals surface area contributed by atoms with Crippen molar-refractivity contribution in [3.63, 3.8) is 0 Å². The fourth-order valence-corrected chi connectivity index (χ4v) is 2.14. The Morgan fingerprint density at radius 2 is 2.36 bits per heavy atom. The van der Waals surface area contributed by atoms with Crippen LogP contribution in [0.15, 0.2) is 11.4 Å². The largest absolute Gasteiger partial charge is 0.330 e. The van der Waals surface area contributed by atoms with Gasteiger partial charge in [-0.3, -0.25) is 0 Å². The van der Waals surface area contributed by atoms with Crippen LogP contribution in [0.3, 0.4) is 0 Å². The first kappa shape index (κ1) is 8.75. The minimum Gasteiger partial charge on any atom is -0.330 e. The van der Waals surface area contributed by atoms with Crippen molar-refractivity contribution in [3.8, 4) is 0 Å². The van der Waals surface area contributed by atoms with E-state index in [-0.39, 0.29) is 0 Å². The molecule has 1 nitrogen and oxygen atoms in total. The van der Waals surface area contributed by atoms with Crippen molar-refractivity contribution in [1.29, 1.82) is 0 Å². The van der Waals surface area contributed by atoms with Gasteiger partial charge in [-0.2, -0.15) is 0 Å². The molecule has 2 N–H and O–H groups in total. The van der Waals surface area contributed by atoms with Gasteiger partial charge in [-0.1, -0.05) is 6.92 Å². The zero-order valence-electron chi connectivity index (χ0n) is 7.13. The molecular weight excluding hydrogens is 154 g/mol. The molecule has 0 saturated heterocycles. The predicted molar refractivity (Wildman–Crippen MR) is 51.1 cm³/mol. The van der Waals surface area contributed by atoms with E-state index < -0.39 is 0 Å². The summed E-state index contributed by atoms with van der Waals surface area (Å²) in [6.07, 6.45) is 1.09. The highest BCUT2D eigenvalue weighted by molar-refractivity contribution is 7.10. The summed E-state index contributed by atoms with van der Waals surface area (Å²) in [4.78, 5) is 1.44. The summed E-state index contributed by atoms with van der Waals surface area (Å²) in [6, 6.07) is 2.21. The van der Waals surface area contributed by atoms with Crippen molar-refractivity contribution in [3.05, 3.63) is 21.9 Å². The molecule has 1 heterocycles. The van der Waals surface area contributed by atoms with E-state index in [1.165, 1.54) is 10.4 Å². The lowest BCUT2D eigenvalue weighted by molar-refractivity contribution is 0.689. The fraction of sp³-hybridized carbons (Fsp3) is 0.556. The third-order valence-corrected chi connectivity index (χ3v) is 2.89. The fourth-order valence-electron chi connectivity index (χ4n) is 1.31. The van der Waals surface area contributed by atoms with E-state index >= 15 is 0 Å². The summed E-state index contributed by atoms with van der Waals surface area (Å²) in [5.74, 6) is 0.631. The van der Waals surface area contributed by atoms with Crippen LogP contribution in [-0.2, 0) is 0 Å². The van der Waals surface area contributed by atoms with Crippen molar-refractivity contribution >= 4 is 11.3 Å². The lowest BCUT2D eigenvalue weighted by atomic mass is 9.99. The molecule has 1 atom stereocenters. The molecule has 0 aliphatic carbocycles. The minimum absolute atomic E-state index is 0.631. The van der Waals surface area contributed by atoms with Gasteiger partial charge in [0.15, 0.2) is 0 Å². The van der Waals surface area contributed by atoms with Gasteiger partial charge in [0.2, 0.25) is 0 Å². The molecule has 0 aromatic carbocycles. The van der Waals surface area contributed by atoms with Crippen molar-refractivity contribution in [2.45, 2.75) is 26.2 Å². The zero-order valence-corrected chi connectivity index (χ0v) is 7.95. The summed E-state index contributed by atoms with van der Waals surface area (Å²) in [7, 11) is 0. The van der Waals surface area contributed by atoms with Gasteiger partial charge in [0.1, 0.15) is 0 Å². The summed E-state index contributed by atoms with van der Waals surface area (Å²) >= 11 is 1.82. The second-order valence-electron chi connectivity index (χ2n) is 2.91. The smallest absolute Gasteiger partial charge is 0.00489 e. The summed E-state index contributed by atoms with van der Waals surface area (Å²) in [5, 5.41) is 2.15. The number of nitrogens with two attached hydrogens (primary N) is 1. The SMILES string of the molecule is Cc1sccc1C(C)CCN. The second kappa shape index (κ2) is 3.88. The molecule has 0 radical (unpaired) electrons. The zero-order chi connectivity index (χ0) is 8.27. The Kier molecular flexibility index (Phi) is 3.09. The molecule has 1 aromatic heterocycles. The molecular formula is C9H15NS. The molecule has 2 heteroatoms. The summed E-state index contributed by atoms with van der Waals surface area (Å²) < 4.78 is 0. The molecule has 0 saturated carbocycles. The lowest BCUT2D eigenvalue weighted by Crippen LogP contribution is -2.04. The maximum absolute atomic E-state index is 5.49. The van der Waals surface area contributed by atoms with Crippen LogP contribution >= 0.6 is 11.3 Å². The molecule has 1 unspecified atom stereocenters. The molecule has 1 rings (SSSR count). The number of hydrogen-bond acceptors (Lipinski definition) is 2. The first-order valence-corrected chi connectivity index (χ1v) is 4.87. The quantitative estimate of drug-likeness (QED) is 0.739. The van der Waals surface area contributed by atoms with Crippen LogP contribution in [0.5, 0.6) is 0 Å². The first-order chi connectivity index (χ1) is 5.25. The second-order valence-corrected chi connectivity index (χ2v) is 4.03. The minimum atomic E-state index is 0.631. The van der Waals surface area contributed by atoms with Crippen molar-refractivity contribution in [2.24, 2.45) is 5.73 Å². The van der Waals surface area contributed by atoms with Crippen molar-refractivity contribution < 1.29 is 0 Å². The van der Waals surface area contributed by atoms with Crippen LogP contribution < -0.4 is 5.73 Å². The normalized spacial score (nSPS) is 13.4. The van der Waals surface area contributed by atoms with Crippen LogP contribution in [0.4, 0.5) is 0 Å². The summed E-state index contributed by atoms with van der Waals surface area (Å²) in [5.41, 5.74) is 6.96. The van der Waals surface area contributed by atoms with E-state index in [0.29, 0.717) is 5.92 Å². The van der Waals surface area contributed by atoms with Gasteiger partial charge in [-0.15, -0.1) is 11.3 Å². The van der Waals surface area contributed by atoms with E-state index in [0.717, 1.165) is 13.0 Å². The Bertz CT molecular complexity index is 217. The third-order valence-electron chi connectivity index (χ3n) is 2.03. The molecule has 11 heavy (non-hydrogen) atoms. The molecule has 0 bridgehead atoms. The Hall–Kier alpha value is -0.340. The van der Waals surface area contributed by atoms with Crippen LogP contribution in [0.2, 0.25) is 0 Å². The van der Waals surface area contributed by atoms with Gasteiger partial charge in [-0.05, 0) is 42.8 Å². The molecule has 0 fully saturated rings. The number of thiophene rings is 1. The highest BCUT2D eigenvalue weighted by Gasteiger charge is 2.07. The average Bonchev–Trinajstić information content (AvgIpc) is 2.36. The lowest BCUT2D eigenvalue weighted by Gasteiger charge is -2.08. The third kappa shape index (κ3) is 2.04. The highest BCUT2D eigenvalue weighted by atomic mass is 32.1. The van der Waals surface area contributed by atoms with Gasteiger partial charge in [-0.25, -0.2) is 0 Å². The Balaban J connectivity index is 2.67. The van der Waals surface area contributed by atoms with Gasteiger partial charge >= 0.3 is 0 Å². The number of hydrogen-bond donors (Lipinski definition) is 1. The average molecular weight is 169 g/mol. The van der Waals surface area contributed by atoms with Crippen LogP contribution in [0.25, 0.3) is 0 Å². The van der Waals surface area contributed by atoms with Gasteiger partial charge in [0.25, 0.3) is 0 Å². The van der Waals surface area contributed by atoms with Crippen LogP contribution in [-0.4, -0.2) is 6.54 Å². The van der Waals surface area contributed by atoms with Crippen LogP contribution in [0, 0.1) is 6.92 Å². The molecule has 0 aliphatic heterocycles. The van der Waals surface area contributed by atoms with E-state index in [9.17, 15) is 0 Å². The molecule has 0 spiro atoms. The molecule has 0 aliphatic rings. The van der Waals surface area contributed by atoms with Crippen molar-refractivity contribution in [2.75, 3.05) is 6.54 Å². The van der Waals surface area contributed by atoms with Crippen molar-refractivity contribution in [1.82, 2.24) is 0 Å². The summed E-state index contributed by atoms with van der Waals surface area (Å²) in [6.45, 7) is 5.20. The van der Waals surface area contributed by atoms with Gasteiger partial charge < -0.3 is 5.73 Å². The standard InChI is InChI=1S/C9H15NS/c1-7(3-5-10)9-4-6-11-8(9)2/h4,6-7H,3,5,10H2,1-2H3. The van der Waals surface area contributed by atoms with E-state index in [1.54, 1.807) is 0 Å². The Morgan fingerprint density at radius 1 is 1.64 bits per heavy atom. The van der Waals surface area contributed by atoms with Crippen LogP contribution in [0.1, 0.15) is 29.7 Å².